The molecule has 9 heteroatoms. The van der Waals surface area contributed by atoms with Crippen molar-refractivity contribution in [1.82, 2.24) is 10.3 Å². The van der Waals surface area contributed by atoms with E-state index in [-0.39, 0.29) is 19.1 Å². The number of ether oxygens (including phenoxy) is 1. The number of carbonyl (C=O) groups excluding carboxylic acids is 1. The van der Waals surface area contributed by atoms with Crippen molar-refractivity contribution in [3.05, 3.63) is 46.5 Å². The minimum absolute atomic E-state index is 0.0237. The topological polar surface area (TPSA) is 51.2 Å². The van der Waals surface area contributed by atoms with Gasteiger partial charge in [0.15, 0.2) is 0 Å². The first-order valence-electron chi connectivity index (χ1n) is 7.40. The molecule has 0 atom stereocenters. The Labute approximate surface area is 151 Å². The molecule has 1 amide bonds. The van der Waals surface area contributed by atoms with Crippen LogP contribution in [0.15, 0.2) is 34.0 Å². The van der Waals surface area contributed by atoms with Crippen LogP contribution in [0.3, 0.4) is 0 Å². The fraction of sp³-hybridized carbons (Fsp3) is 0.375. The van der Waals surface area contributed by atoms with E-state index in [0.29, 0.717) is 5.56 Å². The number of hydrogen-bond donors (Lipinski definition) is 1. The maximum absolute atomic E-state index is 11.9. The summed E-state index contributed by atoms with van der Waals surface area (Å²) in [7, 11) is 0. The lowest BCUT2D eigenvalue weighted by molar-refractivity contribution is -0.173. The Bertz CT molecular complexity index is 687. The number of benzene rings is 1. The molecule has 25 heavy (non-hydrogen) atoms. The molecule has 0 aliphatic carbocycles. The van der Waals surface area contributed by atoms with Gasteiger partial charge in [-0.05, 0) is 24.6 Å². The molecule has 0 fully saturated rings. The lowest BCUT2D eigenvalue weighted by atomic mass is 10.1. The van der Waals surface area contributed by atoms with Gasteiger partial charge in [0.2, 0.25) is 0 Å². The molecule has 0 bridgehead atoms. The third kappa shape index (κ3) is 7.45. The van der Waals surface area contributed by atoms with Gasteiger partial charge in [0.1, 0.15) is 10.9 Å². The summed E-state index contributed by atoms with van der Waals surface area (Å²) >= 11 is 3.23. The highest BCUT2D eigenvalue weighted by atomic mass is 32.2. The molecule has 4 nitrogen and oxygen atoms in total. The molecule has 0 aliphatic rings. The molecule has 2 aromatic rings. The molecule has 0 unspecified atom stereocenters. The Morgan fingerprint density at radius 2 is 2.04 bits per heavy atom. The van der Waals surface area contributed by atoms with E-state index in [1.807, 2.05) is 24.4 Å². The van der Waals surface area contributed by atoms with Crippen LogP contribution in [0.1, 0.15) is 21.6 Å². The average molecular weight is 390 g/mol. The Kier molecular flexibility index (Phi) is 7.27. The number of aryl methyl sites for hydroxylation is 1. The van der Waals surface area contributed by atoms with E-state index in [1.54, 1.807) is 35.2 Å². The summed E-state index contributed by atoms with van der Waals surface area (Å²) in [6.07, 6.45) is -4.35. The van der Waals surface area contributed by atoms with Crippen LogP contribution in [0.2, 0.25) is 0 Å². The summed E-state index contributed by atoms with van der Waals surface area (Å²) in [6, 6.07) is 7.08. The molecule has 1 heterocycles. The van der Waals surface area contributed by atoms with Crippen LogP contribution in [0.4, 0.5) is 13.2 Å². The number of alkyl halides is 3. The lowest BCUT2D eigenvalue weighted by Gasteiger charge is -2.09. The molecule has 1 aromatic carbocycles. The van der Waals surface area contributed by atoms with Gasteiger partial charge in [0.25, 0.3) is 5.91 Å². The zero-order valence-electron chi connectivity index (χ0n) is 13.4. The molecule has 0 spiro atoms. The molecule has 1 N–H and O–H groups in total. The number of carbonyl (C=O) groups is 1. The molecular weight excluding hydrogens is 373 g/mol. The number of rotatable bonds is 8. The second kappa shape index (κ2) is 9.21. The summed E-state index contributed by atoms with van der Waals surface area (Å²) in [4.78, 5) is 16.3. The summed E-state index contributed by atoms with van der Waals surface area (Å²) in [5.41, 5.74) is 2.51. The predicted molar refractivity (Wildman–Crippen MR) is 92.1 cm³/mol. The van der Waals surface area contributed by atoms with E-state index in [9.17, 15) is 18.0 Å². The average Bonchev–Trinajstić information content (AvgIpc) is 2.97. The number of nitrogens with zero attached hydrogens (tertiary/aromatic N) is 1. The number of thioether (sulfide) groups is 1. The fourth-order valence-corrected chi connectivity index (χ4v) is 3.63. The van der Waals surface area contributed by atoms with Crippen molar-refractivity contribution in [3.63, 3.8) is 0 Å². The second-order valence-corrected chi connectivity index (χ2v) is 7.24. The first-order chi connectivity index (χ1) is 11.8. The number of nitrogens with one attached hydrogen (secondary N) is 1. The minimum Gasteiger partial charge on any atom is -0.370 e. The van der Waals surface area contributed by atoms with Gasteiger partial charge in [-0.25, -0.2) is 4.98 Å². The monoisotopic (exact) mass is 390 g/mol. The molecule has 0 saturated carbocycles. The molecule has 0 aliphatic heterocycles. The van der Waals surface area contributed by atoms with Crippen molar-refractivity contribution in [2.24, 2.45) is 0 Å². The summed E-state index contributed by atoms with van der Waals surface area (Å²) in [5.74, 6) is 0.408. The first kappa shape index (κ1) is 19.7. The molecule has 0 radical (unpaired) electrons. The molecule has 1 aromatic heterocycles. The standard InChI is InChI=1S/C16H17F3N2O2S2/c1-11-8-24-15(21-11)25-9-12-2-4-13(5-3-12)14(22)20-6-7-23-10-16(17,18)19/h2-5,8H,6-7,9-10H2,1H3,(H,20,22). The van der Waals surface area contributed by atoms with Gasteiger partial charge in [-0.3, -0.25) is 4.79 Å². The van der Waals surface area contributed by atoms with Gasteiger partial charge >= 0.3 is 6.18 Å². The van der Waals surface area contributed by atoms with E-state index in [4.69, 9.17) is 0 Å². The zero-order valence-corrected chi connectivity index (χ0v) is 15.1. The number of hydrogen-bond acceptors (Lipinski definition) is 5. The summed E-state index contributed by atoms with van der Waals surface area (Å²) in [6.45, 7) is 0.471. The van der Waals surface area contributed by atoms with Gasteiger partial charge in [0, 0.05) is 28.9 Å². The van der Waals surface area contributed by atoms with Crippen LogP contribution in [0.5, 0.6) is 0 Å². The minimum atomic E-state index is -4.35. The van der Waals surface area contributed by atoms with Crippen LogP contribution < -0.4 is 5.32 Å². The number of aromatic nitrogens is 1. The van der Waals surface area contributed by atoms with E-state index in [0.717, 1.165) is 21.3 Å². The quantitative estimate of drug-likeness (QED) is 0.546. The SMILES string of the molecule is Cc1csc(SCc2ccc(C(=O)NCCOCC(F)(F)F)cc2)n1. The Morgan fingerprint density at radius 1 is 1.32 bits per heavy atom. The van der Waals surface area contributed by atoms with Crippen LogP contribution in [-0.2, 0) is 10.5 Å². The lowest BCUT2D eigenvalue weighted by Crippen LogP contribution is -2.28. The van der Waals surface area contributed by atoms with Crippen molar-refractivity contribution >= 4 is 29.0 Å². The van der Waals surface area contributed by atoms with Crippen LogP contribution in [0.25, 0.3) is 0 Å². The van der Waals surface area contributed by atoms with E-state index >= 15 is 0 Å². The van der Waals surface area contributed by atoms with Gasteiger partial charge < -0.3 is 10.1 Å². The Balaban J connectivity index is 1.72. The van der Waals surface area contributed by atoms with Crippen LogP contribution in [0, 0.1) is 6.92 Å². The Morgan fingerprint density at radius 3 is 2.64 bits per heavy atom. The largest absolute Gasteiger partial charge is 0.411 e. The van der Waals surface area contributed by atoms with Gasteiger partial charge in [0.05, 0.1) is 6.61 Å². The van der Waals surface area contributed by atoms with Crippen molar-refractivity contribution in [2.45, 2.75) is 23.2 Å². The van der Waals surface area contributed by atoms with Crippen molar-refractivity contribution in [2.75, 3.05) is 19.8 Å². The zero-order chi connectivity index (χ0) is 18.3. The second-order valence-electron chi connectivity index (χ2n) is 5.16. The van der Waals surface area contributed by atoms with Crippen molar-refractivity contribution in [3.8, 4) is 0 Å². The summed E-state index contributed by atoms with van der Waals surface area (Å²) < 4.78 is 41.1. The maximum atomic E-state index is 11.9. The molecule has 0 saturated heterocycles. The normalized spacial score (nSPS) is 11.5. The predicted octanol–water partition coefficient (Wildman–Crippen LogP) is 4.05. The van der Waals surface area contributed by atoms with E-state index < -0.39 is 12.8 Å². The first-order valence-corrected chi connectivity index (χ1v) is 9.26. The molecule has 136 valence electrons. The van der Waals surface area contributed by atoms with Crippen LogP contribution >= 0.6 is 23.1 Å². The number of halogens is 3. The maximum Gasteiger partial charge on any atom is 0.411 e. The summed E-state index contributed by atoms with van der Waals surface area (Å²) in [5, 5.41) is 4.51. The fourth-order valence-electron chi connectivity index (χ4n) is 1.82. The van der Waals surface area contributed by atoms with Gasteiger partial charge in [-0.1, -0.05) is 23.9 Å². The van der Waals surface area contributed by atoms with Crippen LogP contribution in [-0.4, -0.2) is 36.8 Å². The molecule has 2 rings (SSSR count). The highest BCUT2D eigenvalue weighted by Gasteiger charge is 2.27. The van der Waals surface area contributed by atoms with Crippen molar-refractivity contribution in [1.29, 1.82) is 0 Å². The van der Waals surface area contributed by atoms with Gasteiger partial charge in [-0.15, -0.1) is 11.3 Å². The van der Waals surface area contributed by atoms with Gasteiger partial charge in [-0.2, -0.15) is 13.2 Å². The number of amides is 1. The number of thiazole rings is 1. The smallest absolute Gasteiger partial charge is 0.370 e. The third-order valence-electron chi connectivity index (χ3n) is 2.97. The Hall–Kier alpha value is -1.58. The third-order valence-corrected chi connectivity index (χ3v) is 5.18. The van der Waals surface area contributed by atoms with Crippen molar-refractivity contribution < 1.29 is 22.7 Å². The van der Waals surface area contributed by atoms with E-state index in [2.05, 4.69) is 15.0 Å². The van der Waals surface area contributed by atoms with E-state index in [1.165, 1.54) is 0 Å². The highest BCUT2D eigenvalue weighted by molar-refractivity contribution is 8.00. The highest BCUT2D eigenvalue weighted by Crippen LogP contribution is 2.26. The molecular formula is C16H17F3N2O2S2.